The van der Waals surface area contributed by atoms with Gasteiger partial charge in [-0.1, -0.05) is 40.7 Å². The van der Waals surface area contributed by atoms with Crippen LogP contribution in [0.1, 0.15) is 29.2 Å². The Morgan fingerprint density at radius 3 is 2.93 bits per heavy atom. The highest BCUT2D eigenvalue weighted by Gasteiger charge is 2.20. The summed E-state index contributed by atoms with van der Waals surface area (Å²) in [4.78, 5) is 0. The van der Waals surface area contributed by atoms with Crippen LogP contribution in [0.2, 0.25) is 0 Å². The zero-order valence-electron chi connectivity index (χ0n) is 7.96. The molecule has 0 saturated heterocycles. The summed E-state index contributed by atoms with van der Waals surface area (Å²) in [6.45, 7) is 3.89. The van der Waals surface area contributed by atoms with Crippen molar-refractivity contribution in [2.75, 3.05) is 0 Å². The van der Waals surface area contributed by atoms with Gasteiger partial charge in [0.1, 0.15) is 6.10 Å². The zero-order chi connectivity index (χ0) is 10.1. The summed E-state index contributed by atoms with van der Waals surface area (Å²) < 4.78 is 0. The molecule has 0 radical (unpaired) electrons. The van der Waals surface area contributed by atoms with E-state index in [1.165, 1.54) is 11.1 Å². The van der Waals surface area contributed by atoms with Crippen molar-refractivity contribution < 1.29 is 5.11 Å². The molecular weight excluding hydrogens is 240 g/mol. The van der Waals surface area contributed by atoms with Crippen LogP contribution in [0.5, 0.6) is 0 Å². The van der Waals surface area contributed by atoms with Crippen molar-refractivity contribution in [3.63, 3.8) is 0 Å². The van der Waals surface area contributed by atoms with E-state index in [9.17, 15) is 5.11 Å². The molecule has 1 aliphatic carbocycles. The molecule has 1 aliphatic rings. The topological polar surface area (TPSA) is 20.2 Å². The van der Waals surface area contributed by atoms with Crippen LogP contribution in [-0.4, -0.2) is 5.11 Å². The van der Waals surface area contributed by atoms with Crippen LogP contribution >= 0.6 is 15.9 Å². The van der Waals surface area contributed by atoms with Gasteiger partial charge in [0.25, 0.3) is 0 Å². The lowest BCUT2D eigenvalue weighted by Crippen LogP contribution is -2.11. The first kappa shape index (κ1) is 9.94. The van der Waals surface area contributed by atoms with Gasteiger partial charge in [0, 0.05) is 5.33 Å². The summed E-state index contributed by atoms with van der Waals surface area (Å²) in [5.41, 5.74) is 4.44. The molecule has 0 bridgehead atoms. The van der Waals surface area contributed by atoms with E-state index < -0.39 is 6.10 Å². The summed E-state index contributed by atoms with van der Waals surface area (Å²) in [6, 6.07) is 6.29. The van der Waals surface area contributed by atoms with Crippen molar-refractivity contribution in [3.8, 4) is 0 Å². The fraction of sp³-hybridized carbons (Fsp3) is 0.333. The molecule has 0 saturated carbocycles. The first-order valence-corrected chi connectivity index (χ1v) is 5.88. The second-order valence-electron chi connectivity index (χ2n) is 3.73. The number of benzene rings is 1. The molecule has 1 unspecified atom stereocenters. The summed E-state index contributed by atoms with van der Waals surface area (Å²) in [5.74, 6) is 0. The van der Waals surface area contributed by atoms with Crippen LogP contribution in [0.15, 0.2) is 30.4 Å². The summed E-state index contributed by atoms with van der Waals surface area (Å²) >= 11 is 3.42. The third-order valence-corrected chi connectivity index (χ3v) is 3.41. The molecule has 0 spiro atoms. The van der Waals surface area contributed by atoms with Gasteiger partial charge < -0.3 is 5.11 Å². The van der Waals surface area contributed by atoms with Gasteiger partial charge in [-0.3, -0.25) is 0 Å². The molecule has 1 atom stereocenters. The Bertz CT molecular complexity index is 371. The molecule has 0 heterocycles. The molecule has 2 heteroatoms. The summed E-state index contributed by atoms with van der Waals surface area (Å²) in [6.07, 6.45) is 1.45. The Morgan fingerprint density at radius 2 is 2.21 bits per heavy atom. The van der Waals surface area contributed by atoms with E-state index in [1.807, 2.05) is 0 Å². The van der Waals surface area contributed by atoms with Crippen molar-refractivity contribution in [1.29, 1.82) is 0 Å². The van der Waals surface area contributed by atoms with Crippen LogP contribution in [0, 0.1) is 0 Å². The van der Waals surface area contributed by atoms with E-state index >= 15 is 0 Å². The van der Waals surface area contributed by atoms with Crippen LogP contribution in [0.25, 0.3) is 0 Å². The van der Waals surface area contributed by atoms with E-state index in [-0.39, 0.29) is 0 Å². The first-order chi connectivity index (χ1) is 6.72. The lowest BCUT2D eigenvalue weighted by atomic mass is 9.86. The molecule has 0 aliphatic heterocycles. The van der Waals surface area contributed by atoms with Gasteiger partial charge in [-0.25, -0.2) is 0 Å². The lowest BCUT2D eigenvalue weighted by molar-refractivity contribution is 0.205. The lowest BCUT2D eigenvalue weighted by Gasteiger charge is -2.24. The monoisotopic (exact) mass is 252 g/mol. The molecule has 2 rings (SSSR count). The summed E-state index contributed by atoms with van der Waals surface area (Å²) in [7, 11) is 0. The molecule has 74 valence electrons. The summed E-state index contributed by atoms with van der Waals surface area (Å²) in [5, 5.41) is 10.8. The number of rotatable bonds is 1. The number of aliphatic hydroxyl groups is 1. The van der Waals surface area contributed by atoms with Gasteiger partial charge >= 0.3 is 0 Å². The van der Waals surface area contributed by atoms with Crippen LogP contribution < -0.4 is 0 Å². The van der Waals surface area contributed by atoms with E-state index in [0.717, 1.165) is 29.3 Å². The van der Waals surface area contributed by atoms with E-state index in [1.54, 1.807) is 0 Å². The van der Waals surface area contributed by atoms with Gasteiger partial charge in [-0.05, 0) is 35.1 Å². The van der Waals surface area contributed by atoms with Crippen molar-refractivity contribution in [1.82, 2.24) is 0 Å². The van der Waals surface area contributed by atoms with Gasteiger partial charge in [0.05, 0.1) is 0 Å². The van der Waals surface area contributed by atoms with Crippen LogP contribution in [0.4, 0.5) is 0 Å². The highest BCUT2D eigenvalue weighted by molar-refractivity contribution is 9.08. The van der Waals surface area contributed by atoms with Crippen molar-refractivity contribution in [2.24, 2.45) is 0 Å². The second-order valence-corrected chi connectivity index (χ2v) is 4.29. The van der Waals surface area contributed by atoms with Crippen LogP contribution in [-0.2, 0) is 11.8 Å². The minimum absolute atomic E-state index is 0.460. The van der Waals surface area contributed by atoms with Gasteiger partial charge in [0.2, 0.25) is 0 Å². The van der Waals surface area contributed by atoms with Gasteiger partial charge in [-0.15, -0.1) is 0 Å². The molecule has 1 nitrogen and oxygen atoms in total. The normalized spacial score (nSPS) is 20.7. The Labute approximate surface area is 92.6 Å². The minimum Gasteiger partial charge on any atom is -0.384 e. The first-order valence-electron chi connectivity index (χ1n) is 4.76. The van der Waals surface area contributed by atoms with E-state index in [0.29, 0.717) is 0 Å². The maximum absolute atomic E-state index is 9.93. The molecular formula is C12H13BrO. The number of alkyl halides is 1. The Balaban J connectivity index is 2.46. The van der Waals surface area contributed by atoms with Crippen LogP contribution in [0.3, 0.4) is 0 Å². The highest BCUT2D eigenvalue weighted by Crippen LogP contribution is 2.33. The quantitative estimate of drug-likeness (QED) is 0.602. The van der Waals surface area contributed by atoms with Gasteiger partial charge in [-0.2, -0.15) is 0 Å². The zero-order valence-corrected chi connectivity index (χ0v) is 9.55. The largest absolute Gasteiger partial charge is 0.384 e. The van der Waals surface area contributed by atoms with Gasteiger partial charge in [0.15, 0.2) is 0 Å². The average Bonchev–Trinajstić information content (AvgIpc) is 2.23. The van der Waals surface area contributed by atoms with E-state index in [4.69, 9.17) is 0 Å². The maximum Gasteiger partial charge on any atom is 0.100 e. The standard InChI is InChI=1S/C12H13BrO/c1-8-2-4-10-5-3-9(7-13)6-11(10)12(8)14/h3,5-6,12,14H,1-2,4,7H2. The number of halogens is 1. The smallest absolute Gasteiger partial charge is 0.100 e. The Kier molecular flexibility index (Phi) is 2.75. The van der Waals surface area contributed by atoms with E-state index in [2.05, 4.69) is 40.7 Å². The SMILES string of the molecule is C=C1CCc2ccc(CBr)cc2C1O. The number of fused-ring (bicyclic) bond motifs is 1. The molecule has 1 N–H and O–H groups in total. The maximum atomic E-state index is 9.93. The fourth-order valence-corrected chi connectivity index (χ4v) is 2.21. The highest BCUT2D eigenvalue weighted by atomic mass is 79.9. The fourth-order valence-electron chi connectivity index (χ4n) is 1.86. The predicted molar refractivity (Wildman–Crippen MR) is 61.5 cm³/mol. The predicted octanol–water partition coefficient (Wildman–Crippen LogP) is 3.12. The Hall–Kier alpha value is -0.600. The average molecular weight is 253 g/mol. The Morgan fingerprint density at radius 1 is 1.43 bits per heavy atom. The molecule has 0 fully saturated rings. The number of aryl methyl sites for hydroxylation is 1. The molecule has 0 amide bonds. The van der Waals surface area contributed by atoms with Crippen molar-refractivity contribution in [2.45, 2.75) is 24.3 Å². The van der Waals surface area contributed by atoms with Crippen molar-refractivity contribution in [3.05, 3.63) is 47.0 Å². The molecule has 1 aromatic rings. The number of hydrogen-bond donors (Lipinski definition) is 1. The number of hydrogen-bond acceptors (Lipinski definition) is 1. The minimum atomic E-state index is -0.460. The molecule has 1 aromatic carbocycles. The number of aliphatic hydroxyl groups excluding tert-OH is 1. The van der Waals surface area contributed by atoms with Crippen molar-refractivity contribution >= 4 is 15.9 Å². The molecule has 0 aromatic heterocycles. The third kappa shape index (κ3) is 1.64. The third-order valence-electron chi connectivity index (χ3n) is 2.76. The second kappa shape index (κ2) is 3.87. The molecule has 14 heavy (non-hydrogen) atoms.